The van der Waals surface area contributed by atoms with Crippen LogP contribution in [0.4, 0.5) is 0 Å². The molecule has 0 radical (unpaired) electrons. The molecule has 1 heterocycles. The summed E-state index contributed by atoms with van der Waals surface area (Å²) in [6, 6.07) is 0.412. The van der Waals surface area contributed by atoms with E-state index < -0.39 is 0 Å². The van der Waals surface area contributed by atoms with E-state index in [0.717, 1.165) is 12.5 Å². The third-order valence-corrected chi connectivity index (χ3v) is 3.67. The number of hydrogen-bond donors (Lipinski definition) is 1. The molecule has 1 aliphatic rings. The molecule has 15 heavy (non-hydrogen) atoms. The molecule has 1 aliphatic carbocycles. The number of rotatable bonds is 4. The van der Waals surface area contributed by atoms with Gasteiger partial charge in [0.05, 0.1) is 6.04 Å². The lowest BCUT2D eigenvalue weighted by Crippen LogP contribution is -2.24. The van der Waals surface area contributed by atoms with Gasteiger partial charge in [0, 0.05) is 18.9 Å². The second-order valence-electron chi connectivity index (χ2n) is 5.14. The highest BCUT2D eigenvalue weighted by Gasteiger charge is 2.51. The van der Waals surface area contributed by atoms with E-state index in [-0.39, 0.29) is 0 Å². The van der Waals surface area contributed by atoms with Crippen LogP contribution in [0.15, 0.2) is 12.4 Å². The van der Waals surface area contributed by atoms with Crippen LogP contribution in [0.1, 0.15) is 39.1 Å². The lowest BCUT2D eigenvalue weighted by atomic mass is 10.0. The van der Waals surface area contributed by atoms with Crippen molar-refractivity contribution in [1.29, 1.82) is 0 Å². The highest BCUT2D eigenvalue weighted by molar-refractivity contribution is 5.10. The Balaban J connectivity index is 2.21. The van der Waals surface area contributed by atoms with Gasteiger partial charge in [-0.25, -0.2) is 4.98 Å². The Hall–Kier alpha value is -0.830. The van der Waals surface area contributed by atoms with Gasteiger partial charge in [-0.05, 0) is 31.7 Å². The summed E-state index contributed by atoms with van der Waals surface area (Å²) in [6.07, 6.45) is 5.27. The fourth-order valence-electron chi connectivity index (χ4n) is 2.45. The van der Waals surface area contributed by atoms with Gasteiger partial charge in [0.2, 0.25) is 0 Å². The summed E-state index contributed by atoms with van der Waals surface area (Å²) in [4.78, 5) is 4.49. The smallest absolute Gasteiger partial charge is 0.126 e. The van der Waals surface area contributed by atoms with E-state index >= 15 is 0 Å². The monoisotopic (exact) mass is 207 g/mol. The number of nitrogens with one attached hydrogen (secondary N) is 1. The Morgan fingerprint density at radius 1 is 1.67 bits per heavy atom. The predicted octanol–water partition coefficient (Wildman–Crippen LogP) is 2.21. The van der Waals surface area contributed by atoms with Crippen LogP contribution in [0.5, 0.6) is 0 Å². The summed E-state index contributed by atoms with van der Waals surface area (Å²) < 4.78 is 2.23. The number of nitrogens with zero attached hydrogens (tertiary/aromatic N) is 2. The van der Waals surface area contributed by atoms with Gasteiger partial charge in [0.25, 0.3) is 0 Å². The lowest BCUT2D eigenvalue weighted by Gasteiger charge is -2.18. The molecule has 0 spiro atoms. The SMILES string of the molecule is CCn1ccnc1C(NC)C1CC1(C)C. The van der Waals surface area contributed by atoms with Crippen LogP contribution in [0.2, 0.25) is 0 Å². The molecule has 1 aromatic heterocycles. The van der Waals surface area contributed by atoms with Crippen molar-refractivity contribution in [3.63, 3.8) is 0 Å². The molecule has 0 bridgehead atoms. The molecule has 0 aliphatic heterocycles. The number of aromatic nitrogens is 2. The standard InChI is InChI=1S/C12H21N3/c1-5-15-7-6-14-11(15)10(13-4)9-8-12(9,2)3/h6-7,9-10,13H,5,8H2,1-4H3. The summed E-state index contributed by atoms with van der Waals surface area (Å²) in [5, 5.41) is 3.41. The zero-order valence-corrected chi connectivity index (χ0v) is 10.1. The molecule has 84 valence electrons. The van der Waals surface area contributed by atoms with E-state index in [9.17, 15) is 0 Å². The fraction of sp³-hybridized carbons (Fsp3) is 0.750. The number of hydrogen-bond acceptors (Lipinski definition) is 2. The zero-order valence-electron chi connectivity index (χ0n) is 10.1. The predicted molar refractivity (Wildman–Crippen MR) is 61.6 cm³/mol. The maximum absolute atomic E-state index is 4.49. The van der Waals surface area contributed by atoms with Crippen molar-refractivity contribution in [2.24, 2.45) is 11.3 Å². The minimum Gasteiger partial charge on any atom is -0.334 e. The summed E-state index contributed by atoms with van der Waals surface area (Å²) in [5.74, 6) is 1.92. The van der Waals surface area contributed by atoms with Crippen molar-refractivity contribution in [2.75, 3.05) is 7.05 Å². The lowest BCUT2D eigenvalue weighted by molar-refractivity contribution is 0.411. The average molecular weight is 207 g/mol. The van der Waals surface area contributed by atoms with Crippen LogP contribution in [0.25, 0.3) is 0 Å². The molecular formula is C12H21N3. The van der Waals surface area contributed by atoms with E-state index in [0.29, 0.717) is 11.5 Å². The van der Waals surface area contributed by atoms with Gasteiger partial charge in [-0.1, -0.05) is 13.8 Å². The summed E-state index contributed by atoms with van der Waals surface area (Å²) >= 11 is 0. The van der Waals surface area contributed by atoms with Crippen LogP contribution in [-0.4, -0.2) is 16.6 Å². The Labute approximate surface area is 91.9 Å². The molecular weight excluding hydrogens is 186 g/mol. The third kappa shape index (κ3) is 1.81. The largest absolute Gasteiger partial charge is 0.334 e. The Morgan fingerprint density at radius 2 is 2.33 bits per heavy atom. The first kappa shape index (κ1) is 10.7. The second-order valence-corrected chi connectivity index (χ2v) is 5.14. The second kappa shape index (κ2) is 3.63. The van der Waals surface area contributed by atoms with Gasteiger partial charge in [0.1, 0.15) is 5.82 Å². The molecule has 1 fully saturated rings. The van der Waals surface area contributed by atoms with E-state index in [1.54, 1.807) is 0 Å². The average Bonchev–Trinajstić information content (AvgIpc) is 2.66. The van der Waals surface area contributed by atoms with Crippen molar-refractivity contribution in [3.05, 3.63) is 18.2 Å². The van der Waals surface area contributed by atoms with Gasteiger partial charge >= 0.3 is 0 Å². The van der Waals surface area contributed by atoms with E-state index in [4.69, 9.17) is 0 Å². The van der Waals surface area contributed by atoms with Crippen LogP contribution in [0, 0.1) is 11.3 Å². The van der Waals surface area contributed by atoms with Gasteiger partial charge < -0.3 is 9.88 Å². The van der Waals surface area contributed by atoms with Crippen molar-refractivity contribution in [2.45, 2.75) is 39.8 Å². The summed E-state index contributed by atoms with van der Waals surface area (Å²) in [5.41, 5.74) is 0.484. The molecule has 2 atom stereocenters. The zero-order chi connectivity index (χ0) is 11.1. The van der Waals surface area contributed by atoms with Gasteiger partial charge in [-0.3, -0.25) is 0 Å². The molecule has 0 amide bonds. The van der Waals surface area contributed by atoms with E-state index in [1.165, 1.54) is 12.2 Å². The highest BCUT2D eigenvalue weighted by Crippen LogP contribution is 2.57. The highest BCUT2D eigenvalue weighted by atomic mass is 15.1. The minimum absolute atomic E-state index is 0.412. The maximum atomic E-state index is 4.49. The Morgan fingerprint density at radius 3 is 2.80 bits per heavy atom. The first-order chi connectivity index (χ1) is 7.10. The molecule has 2 rings (SSSR count). The molecule has 1 aromatic rings. The maximum Gasteiger partial charge on any atom is 0.126 e. The topological polar surface area (TPSA) is 29.9 Å². The number of aryl methyl sites for hydroxylation is 1. The van der Waals surface area contributed by atoms with Crippen molar-refractivity contribution < 1.29 is 0 Å². The van der Waals surface area contributed by atoms with Crippen LogP contribution < -0.4 is 5.32 Å². The molecule has 1 saturated carbocycles. The Bertz CT molecular complexity index is 340. The molecule has 3 nitrogen and oxygen atoms in total. The summed E-state index contributed by atoms with van der Waals surface area (Å²) in [7, 11) is 2.04. The van der Waals surface area contributed by atoms with E-state index in [1.807, 2.05) is 13.2 Å². The summed E-state index contributed by atoms with van der Waals surface area (Å²) in [6.45, 7) is 7.83. The van der Waals surface area contributed by atoms with Crippen LogP contribution in [-0.2, 0) is 6.54 Å². The van der Waals surface area contributed by atoms with Crippen molar-refractivity contribution >= 4 is 0 Å². The Kier molecular flexibility index (Phi) is 2.59. The van der Waals surface area contributed by atoms with Crippen LogP contribution in [0.3, 0.4) is 0 Å². The molecule has 0 saturated heterocycles. The third-order valence-electron chi connectivity index (χ3n) is 3.67. The molecule has 2 unspecified atom stereocenters. The first-order valence-electron chi connectivity index (χ1n) is 5.78. The van der Waals surface area contributed by atoms with Crippen LogP contribution >= 0.6 is 0 Å². The van der Waals surface area contributed by atoms with E-state index in [2.05, 4.69) is 41.8 Å². The molecule has 0 aromatic carbocycles. The molecule has 1 N–H and O–H groups in total. The fourth-order valence-corrected chi connectivity index (χ4v) is 2.45. The first-order valence-corrected chi connectivity index (χ1v) is 5.78. The number of imidazole rings is 1. The quantitative estimate of drug-likeness (QED) is 0.820. The van der Waals surface area contributed by atoms with Gasteiger partial charge in [-0.15, -0.1) is 0 Å². The van der Waals surface area contributed by atoms with Gasteiger partial charge in [0.15, 0.2) is 0 Å². The van der Waals surface area contributed by atoms with Gasteiger partial charge in [-0.2, -0.15) is 0 Å². The minimum atomic E-state index is 0.412. The molecule has 3 heteroatoms. The normalized spacial score (nSPS) is 25.2. The van der Waals surface area contributed by atoms with Crippen molar-refractivity contribution in [1.82, 2.24) is 14.9 Å². The van der Waals surface area contributed by atoms with Crippen molar-refractivity contribution in [3.8, 4) is 0 Å².